The summed E-state index contributed by atoms with van der Waals surface area (Å²) in [5.41, 5.74) is 2.19. The molecule has 2 rings (SSSR count). The summed E-state index contributed by atoms with van der Waals surface area (Å²) in [6.45, 7) is 4.75. The third-order valence-electron chi connectivity index (χ3n) is 3.22. The molecule has 0 N–H and O–H groups in total. The lowest BCUT2D eigenvalue weighted by Gasteiger charge is -2.23. The maximum Gasteiger partial charge on any atom is 0.0222 e. The maximum absolute atomic E-state index is 3.73. The van der Waals surface area contributed by atoms with E-state index >= 15 is 0 Å². The molecule has 2 unspecified atom stereocenters. The highest BCUT2D eigenvalue weighted by Crippen LogP contribution is 2.56. The molecule has 0 nitrogen and oxygen atoms in total. The molecule has 0 saturated heterocycles. The molecule has 56 valence electrons. The van der Waals surface area contributed by atoms with E-state index < -0.39 is 0 Å². The quantitative estimate of drug-likeness (QED) is 0.417. The van der Waals surface area contributed by atoms with Crippen molar-refractivity contribution in [2.75, 3.05) is 0 Å². The molecule has 0 aliphatic heterocycles. The second-order valence-electron chi connectivity index (χ2n) is 4.01. The van der Waals surface area contributed by atoms with Crippen LogP contribution >= 0.6 is 15.9 Å². The van der Waals surface area contributed by atoms with Gasteiger partial charge in [0.15, 0.2) is 0 Å². The predicted molar refractivity (Wildman–Crippen MR) is 47.3 cm³/mol. The number of hydrogen-bond donors (Lipinski definition) is 0. The van der Waals surface area contributed by atoms with Gasteiger partial charge in [0, 0.05) is 4.83 Å². The summed E-state index contributed by atoms with van der Waals surface area (Å²) in [5.74, 6) is 0.877. The number of halogens is 1. The fraction of sp³-hybridized carbons (Fsp3) is 0.778. The Labute approximate surface area is 70.8 Å². The van der Waals surface area contributed by atoms with Crippen molar-refractivity contribution in [2.45, 2.75) is 31.5 Å². The van der Waals surface area contributed by atoms with E-state index in [9.17, 15) is 0 Å². The van der Waals surface area contributed by atoms with Gasteiger partial charge >= 0.3 is 0 Å². The molecule has 0 amide bonds. The van der Waals surface area contributed by atoms with Gasteiger partial charge in [-0.2, -0.15) is 0 Å². The summed E-state index contributed by atoms with van der Waals surface area (Å²) in [7, 11) is 0. The Morgan fingerprint density at radius 1 is 1.60 bits per heavy atom. The minimum Gasteiger partial charge on any atom is -0.0884 e. The molecule has 0 radical (unpaired) electrons. The second kappa shape index (κ2) is 1.88. The summed E-state index contributed by atoms with van der Waals surface area (Å²) in [6.07, 6.45) is 5.03. The van der Waals surface area contributed by atoms with Gasteiger partial charge in [-0.25, -0.2) is 0 Å². The number of rotatable bonds is 0. The largest absolute Gasteiger partial charge is 0.0884 e. The molecule has 2 bridgehead atoms. The van der Waals surface area contributed by atoms with Crippen LogP contribution < -0.4 is 0 Å². The van der Waals surface area contributed by atoms with E-state index in [2.05, 4.69) is 35.9 Å². The van der Waals surface area contributed by atoms with Gasteiger partial charge in [0.25, 0.3) is 0 Å². The number of hydrogen-bond acceptors (Lipinski definition) is 0. The van der Waals surface area contributed by atoms with Crippen LogP contribution in [-0.2, 0) is 0 Å². The van der Waals surface area contributed by atoms with Gasteiger partial charge in [-0.3, -0.25) is 0 Å². The van der Waals surface area contributed by atoms with Gasteiger partial charge in [-0.1, -0.05) is 41.4 Å². The average Bonchev–Trinajstić information content (AvgIpc) is 2.20. The Hall–Kier alpha value is 0.220. The number of fused-ring (bicyclic) bond motifs is 2. The summed E-state index contributed by atoms with van der Waals surface area (Å²) in [4.78, 5) is 0.766. The zero-order chi connectivity index (χ0) is 7.35. The minimum absolute atomic E-state index is 0.508. The van der Waals surface area contributed by atoms with Crippen molar-refractivity contribution in [3.63, 3.8) is 0 Å². The Balaban J connectivity index is 2.38. The van der Waals surface area contributed by atoms with E-state index in [4.69, 9.17) is 0 Å². The van der Waals surface area contributed by atoms with Gasteiger partial charge in [0.2, 0.25) is 0 Å². The van der Waals surface area contributed by atoms with Crippen LogP contribution in [0.5, 0.6) is 0 Å². The molecule has 0 heterocycles. The number of alkyl halides is 1. The van der Waals surface area contributed by atoms with Crippen molar-refractivity contribution in [2.24, 2.45) is 11.3 Å². The summed E-state index contributed by atoms with van der Waals surface area (Å²) < 4.78 is 0. The number of allylic oxidation sites excluding steroid dienone is 2. The van der Waals surface area contributed by atoms with Crippen molar-refractivity contribution >= 4 is 15.9 Å². The molecular weight excluding hydrogens is 188 g/mol. The van der Waals surface area contributed by atoms with Gasteiger partial charge in [-0.15, -0.1) is 0 Å². The smallest absolute Gasteiger partial charge is 0.0222 e. The van der Waals surface area contributed by atoms with Crippen molar-refractivity contribution < 1.29 is 0 Å². The average molecular weight is 201 g/mol. The lowest BCUT2D eigenvalue weighted by molar-refractivity contribution is 0.340. The standard InChI is InChI=1S/C9H13Br/c1-9(2)6-3-4-7(9)8(10)5-6/h3,7-8H,4-5H2,1-2H3. The third kappa shape index (κ3) is 0.674. The fourth-order valence-electron chi connectivity index (χ4n) is 2.36. The Kier molecular flexibility index (Phi) is 1.30. The molecule has 0 aromatic rings. The van der Waals surface area contributed by atoms with E-state index in [1.807, 2.05) is 0 Å². The zero-order valence-electron chi connectivity index (χ0n) is 6.52. The first kappa shape index (κ1) is 6.90. The topological polar surface area (TPSA) is 0 Å². The highest BCUT2D eigenvalue weighted by Gasteiger charge is 2.47. The van der Waals surface area contributed by atoms with Gasteiger partial charge in [0.05, 0.1) is 0 Å². The van der Waals surface area contributed by atoms with Crippen LogP contribution in [0.25, 0.3) is 0 Å². The lowest BCUT2D eigenvalue weighted by Crippen LogP contribution is -2.18. The summed E-state index contributed by atoms with van der Waals surface area (Å²) >= 11 is 3.73. The van der Waals surface area contributed by atoms with Gasteiger partial charge < -0.3 is 0 Å². The molecule has 1 fully saturated rings. The summed E-state index contributed by atoms with van der Waals surface area (Å²) in [5, 5.41) is 0. The van der Waals surface area contributed by atoms with E-state index in [1.54, 1.807) is 5.57 Å². The van der Waals surface area contributed by atoms with Crippen LogP contribution in [-0.4, -0.2) is 4.83 Å². The molecule has 10 heavy (non-hydrogen) atoms. The van der Waals surface area contributed by atoms with Crippen LogP contribution in [0, 0.1) is 11.3 Å². The minimum atomic E-state index is 0.508. The highest BCUT2D eigenvalue weighted by molar-refractivity contribution is 9.09. The maximum atomic E-state index is 3.73. The van der Waals surface area contributed by atoms with Crippen molar-refractivity contribution in [1.29, 1.82) is 0 Å². The van der Waals surface area contributed by atoms with Gasteiger partial charge in [0.1, 0.15) is 0 Å². The molecule has 2 aliphatic carbocycles. The van der Waals surface area contributed by atoms with Crippen LogP contribution in [0.2, 0.25) is 0 Å². The van der Waals surface area contributed by atoms with E-state index in [0.717, 1.165) is 10.7 Å². The van der Waals surface area contributed by atoms with Crippen molar-refractivity contribution in [3.8, 4) is 0 Å². The highest BCUT2D eigenvalue weighted by atomic mass is 79.9. The zero-order valence-corrected chi connectivity index (χ0v) is 8.11. The normalized spacial score (nSPS) is 42.1. The molecular formula is C9H13Br. The van der Waals surface area contributed by atoms with Crippen LogP contribution in [0.3, 0.4) is 0 Å². The van der Waals surface area contributed by atoms with Crippen LogP contribution in [0.4, 0.5) is 0 Å². The Morgan fingerprint density at radius 2 is 2.30 bits per heavy atom. The summed E-state index contributed by atoms with van der Waals surface area (Å²) in [6, 6.07) is 0. The van der Waals surface area contributed by atoms with E-state index in [1.165, 1.54) is 12.8 Å². The molecule has 0 aromatic heterocycles. The molecule has 1 saturated carbocycles. The Bertz CT molecular complexity index is 191. The van der Waals surface area contributed by atoms with E-state index in [-0.39, 0.29) is 0 Å². The first-order valence-corrected chi connectivity index (χ1v) is 4.87. The predicted octanol–water partition coefficient (Wildman–Crippen LogP) is 3.13. The monoisotopic (exact) mass is 200 g/mol. The first-order valence-electron chi connectivity index (χ1n) is 3.96. The molecule has 0 aromatic carbocycles. The SMILES string of the molecule is CC1(C)C2=CCC1C(Br)C2. The van der Waals surface area contributed by atoms with Crippen LogP contribution in [0.1, 0.15) is 26.7 Å². The molecule has 2 atom stereocenters. The van der Waals surface area contributed by atoms with Crippen LogP contribution in [0.15, 0.2) is 11.6 Å². The third-order valence-corrected chi connectivity index (χ3v) is 4.19. The second-order valence-corrected chi connectivity index (χ2v) is 5.19. The molecule has 2 aliphatic rings. The Morgan fingerprint density at radius 3 is 2.50 bits per heavy atom. The fourth-order valence-corrected chi connectivity index (χ4v) is 3.59. The molecule has 0 spiro atoms. The van der Waals surface area contributed by atoms with Gasteiger partial charge in [-0.05, 0) is 24.2 Å². The van der Waals surface area contributed by atoms with Crippen molar-refractivity contribution in [3.05, 3.63) is 11.6 Å². The van der Waals surface area contributed by atoms with E-state index in [0.29, 0.717) is 5.41 Å². The van der Waals surface area contributed by atoms with Crippen molar-refractivity contribution in [1.82, 2.24) is 0 Å². The first-order chi connectivity index (χ1) is 4.62. The lowest BCUT2D eigenvalue weighted by atomic mass is 9.83. The molecule has 1 heteroatoms.